The van der Waals surface area contributed by atoms with Crippen molar-refractivity contribution in [1.82, 2.24) is 33.2 Å². The predicted molar refractivity (Wildman–Crippen MR) is 313 cm³/mol. The zero-order valence-corrected chi connectivity index (χ0v) is 41.0. The number of aromatic nitrogens is 7. The van der Waals surface area contributed by atoms with Gasteiger partial charge in [0, 0.05) is 82.5 Å². The Balaban J connectivity index is 0.896. The van der Waals surface area contributed by atoms with Crippen LogP contribution in [0.1, 0.15) is 0 Å². The second-order valence-electron chi connectivity index (χ2n) is 19.6. The second kappa shape index (κ2) is 16.6. The average Bonchev–Trinajstić information content (AvgIpc) is 4.31. The Morgan fingerprint density at radius 3 is 1.03 bits per heavy atom. The van der Waals surface area contributed by atoms with Crippen molar-refractivity contribution in [3.8, 4) is 56.9 Å². The lowest BCUT2D eigenvalue weighted by Crippen LogP contribution is -2.01. The van der Waals surface area contributed by atoms with Crippen molar-refractivity contribution < 1.29 is 0 Å². The fraction of sp³-hybridized carbons (Fsp3) is 0. The zero-order chi connectivity index (χ0) is 49.8. The minimum absolute atomic E-state index is 0.598. The van der Waals surface area contributed by atoms with Crippen LogP contribution >= 0.6 is 0 Å². The van der Waals surface area contributed by atoms with Gasteiger partial charge in [0.15, 0.2) is 17.5 Å². The van der Waals surface area contributed by atoms with Gasteiger partial charge in [-0.05, 0) is 127 Å². The normalized spacial score (nSPS) is 11.9. The first-order chi connectivity index (χ1) is 37.7. The third kappa shape index (κ3) is 6.33. The van der Waals surface area contributed by atoms with Gasteiger partial charge >= 0.3 is 0 Å². The van der Waals surface area contributed by atoms with E-state index in [1.165, 1.54) is 43.4 Å². The number of nitrogens with zero attached hydrogens (tertiary/aromatic N) is 7. The highest BCUT2D eigenvalue weighted by molar-refractivity contribution is 6.26. The van der Waals surface area contributed by atoms with Crippen molar-refractivity contribution >= 4 is 87.2 Å². The Hall–Kier alpha value is -10.4. The molecule has 76 heavy (non-hydrogen) atoms. The summed E-state index contributed by atoms with van der Waals surface area (Å²) in [5.74, 6) is 1.81. The average molecular weight is 970 g/mol. The zero-order valence-electron chi connectivity index (χ0n) is 41.0. The first-order valence-electron chi connectivity index (χ1n) is 25.8. The maximum atomic E-state index is 5.37. The molecule has 0 N–H and O–H groups in total. The van der Waals surface area contributed by atoms with E-state index in [1.54, 1.807) is 0 Å². The lowest BCUT2D eigenvalue weighted by atomic mass is 10.1. The van der Waals surface area contributed by atoms with E-state index in [0.717, 1.165) is 83.3 Å². The molecule has 0 saturated carbocycles. The minimum Gasteiger partial charge on any atom is -0.309 e. The van der Waals surface area contributed by atoms with Crippen LogP contribution in [-0.4, -0.2) is 33.2 Å². The summed E-state index contributed by atoms with van der Waals surface area (Å²) in [4.78, 5) is 16.1. The summed E-state index contributed by atoms with van der Waals surface area (Å²) in [5.41, 5.74) is 16.3. The van der Waals surface area contributed by atoms with E-state index in [9.17, 15) is 0 Å². The van der Waals surface area contributed by atoms with E-state index in [0.29, 0.717) is 17.5 Å². The highest BCUT2D eigenvalue weighted by Gasteiger charge is 2.23. The molecule has 0 amide bonds. The Morgan fingerprint density at radius 2 is 0.539 bits per heavy atom. The number of hydrogen-bond donors (Lipinski definition) is 0. The third-order valence-electron chi connectivity index (χ3n) is 15.4. The van der Waals surface area contributed by atoms with Gasteiger partial charge in [0.05, 0.1) is 44.1 Å². The van der Waals surface area contributed by atoms with Crippen LogP contribution in [0.4, 0.5) is 0 Å². The maximum absolute atomic E-state index is 5.37. The van der Waals surface area contributed by atoms with Crippen LogP contribution in [0.5, 0.6) is 0 Å². The molecule has 0 atom stereocenters. The summed E-state index contributed by atoms with van der Waals surface area (Å²) >= 11 is 0. The number of benzene rings is 11. The Labute approximate surface area is 436 Å². The lowest BCUT2D eigenvalue weighted by Gasteiger charge is -2.12. The molecule has 0 aliphatic heterocycles. The molecule has 0 saturated heterocycles. The largest absolute Gasteiger partial charge is 0.309 e. The van der Waals surface area contributed by atoms with Crippen molar-refractivity contribution in [1.29, 1.82) is 0 Å². The standard InChI is InChI=1S/C69H43N7/c1-4-18-47(19-5-1)73-58-28-14-11-25-52(58)56-42-45(34-39-62(56)73)68-70-67(71-69(72-68)46-35-40-63-57(43-46)53-26-12-15-29-59(53)74(63)48-20-6-2-7-21-48)44-32-36-50(37-33-44)76-60-30-16-10-24-51(60)54-38-41-64-65(66(54)76)55-27-13-17-31-61(55)75(64)49-22-8-3-9-23-49/h1-43H. The van der Waals surface area contributed by atoms with Gasteiger partial charge in [-0.2, -0.15) is 0 Å². The topological polar surface area (TPSA) is 58.4 Å². The fourth-order valence-corrected chi connectivity index (χ4v) is 12.1. The summed E-state index contributed by atoms with van der Waals surface area (Å²) in [5, 5.41) is 9.45. The van der Waals surface area contributed by atoms with Crippen molar-refractivity contribution in [2.24, 2.45) is 0 Å². The summed E-state index contributed by atoms with van der Waals surface area (Å²) in [7, 11) is 0. The van der Waals surface area contributed by atoms with Gasteiger partial charge in [0.1, 0.15) is 0 Å². The van der Waals surface area contributed by atoms with Gasteiger partial charge < -0.3 is 18.3 Å². The van der Waals surface area contributed by atoms with Crippen LogP contribution in [0.3, 0.4) is 0 Å². The minimum atomic E-state index is 0.598. The van der Waals surface area contributed by atoms with Crippen LogP contribution < -0.4 is 0 Å². The number of para-hydroxylation sites is 7. The summed E-state index contributed by atoms with van der Waals surface area (Å²) in [6.45, 7) is 0. The van der Waals surface area contributed by atoms with Crippen molar-refractivity contribution in [3.63, 3.8) is 0 Å². The Bertz CT molecular complexity index is 4790. The summed E-state index contributed by atoms with van der Waals surface area (Å²) in [6.07, 6.45) is 0. The monoisotopic (exact) mass is 969 g/mol. The Morgan fingerprint density at radius 1 is 0.211 bits per heavy atom. The van der Waals surface area contributed by atoms with Crippen molar-refractivity contribution in [2.45, 2.75) is 0 Å². The van der Waals surface area contributed by atoms with Gasteiger partial charge in [-0.3, -0.25) is 0 Å². The first kappa shape index (κ1) is 42.2. The van der Waals surface area contributed by atoms with Crippen LogP contribution in [0, 0.1) is 0 Å². The smallest absolute Gasteiger partial charge is 0.164 e. The van der Waals surface area contributed by atoms with E-state index in [1.807, 2.05) is 0 Å². The fourth-order valence-electron chi connectivity index (χ4n) is 12.1. The third-order valence-corrected chi connectivity index (χ3v) is 15.4. The highest BCUT2D eigenvalue weighted by atomic mass is 15.0. The van der Waals surface area contributed by atoms with Crippen LogP contribution in [0.15, 0.2) is 261 Å². The van der Waals surface area contributed by atoms with Gasteiger partial charge in [0.2, 0.25) is 0 Å². The van der Waals surface area contributed by atoms with E-state index in [4.69, 9.17) is 15.0 Å². The van der Waals surface area contributed by atoms with E-state index < -0.39 is 0 Å². The highest BCUT2D eigenvalue weighted by Crippen LogP contribution is 2.43. The second-order valence-corrected chi connectivity index (χ2v) is 19.6. The molecule has 5 aromatic heterocycles. The molecule has 0 bridgehead atoms. The predicted octanol–water partition coefficient (Wildman–Crippen LogP) is 17.3. The molecule has 16 aromatic rings. The first-order valence-corrected chi connectivity index (χ1v) is 25.8. The number of hydrogen-bond acceptors (Lipinski definition) is 3. The molecule has 7 heteroatoms. The van der Waals surface area contributed by atoms with Gasteiger partial charge in [0.25, 0.3) is 0 Å². The number of rotatable bonds is 7. The van der Waals surface area contributed by atoms with Gasteiger partial charge in [-0.25, -0.2) is 15.0 Å². The number of fused-ring (bicyclic) bond motifs is 13. The quantitative estimate of drug-likeness (QED) is 0.160. The summed E-state index contributed by atoms with van der Waals surface area (Å²) in [6, 6.07) is 93.2. The molecule has 354 valence electrons. The molecule has 0 spiro atoms. The van der Waals surface area contributed by atoms with Crippen molar-refractivity contribution in [2.75, 3.05) is 0 Å². The van der Waals surface area contributed by atoms with Gasteiger partial charge in [-0.15, -0.1) is 0 Å². The molecule has 0 fully saturated rings. The molecular formula is C69H43N7. The molecule has 7 nitrogen and oxygen atoms in total. The van der Waals surface area contributed by atoms with Crippen molar-refractivity contribution in [3.05, 3.63) is 261 Å². The van der Waals surface area contributed by atoms with E-state index in [2.05, 4.69) is 279 Å². The van der Waals surface area contributed by atoms with E-state index >= 15 is 0 Å². The molecule has 11 aromatic carbocycles. The molecule has 0 radical (unpaired) electrons. The van der Waals surface area contributed by atoms with Gasteiger partial charge in [-0.1, -0.05) is 133 Å². The SMILES string of the molecule is c1ccc(-n2c3ccccc3c3cc(-c4nc(-c5ccc(-n6c7ccccc7c7ccc8c(c9ccccc9n8-c8ccccc8)c76)cc5)nc(-c5ccc6c(c5)c5ccccc5n6-c5ccccc5)n4)ccc32)cc1. The molecular weight excluding hydrogens is 927 g/mol. The van der Waals surface area contributed by atoms with E-state index in [-0.39, 0.29) is 0 Å². The van der Waals surface area contributed by atoms with Crippen LogP contribution in [0.25, 0.3) is 144 Å². The molecule has 0 unspecified atom stereocenters. The molecule has 0 aliphatic carbocycles. The summed E-state index contributed by atoms with van der Waals surface area (Å²) < 4.78 is 9.50. The molecule has 0 aliphatic rings. The maximum Gasteiger partial charge on any atom is 0.164 e. The van der Waals surface area contributed by atoms with Crippen LogP contribution in [0.2, 0.25) is 0 Å². The van der Waals surface area contributed by atoms with Crippen LogP contribution in [-0.2, 0) is 0 Å². The molecule has 5 heterocycles. The lowest BCUT2D eigenvalue weighted by molar-refractivity contribution is 1.07. The Kier molecular flexibility index (Phi) is 9.20. The molecule has 16 rings (SSSR count).